The van der Waals surface area contributed by atoms with Gasteiger partial charge in [0.05, 0.1) is 0 Å². The smallest absolute Gasteiger partial charge is 0.150 e. The second kappa shape index (κ2) is 5.97. The van der Waals surface area contributed by atoms with Crippen LogP contribution in [0, 0.1) is 12.7 Å². The molecule has 19 heavy (non-hydrogen) atoms. The van der Waals surface area contributed by atoms with Crippen LogP contribution in [0.1, 0.15) is 12.5 Å². The number of hydrogen-bond acceptors (Lipinski definition) is 4. The quantitative estimate of drug-likeness (QED) is 0.896. The topological polar surface area (TPSA) is 49.8 Å². The number of aromatic nitrogens is 2. The van der Waals surface area contributed by atoms with Crippen molar-refractivity contribution in [3.05, 3.63) is 40.4 Å². The summed E-state index contributed by atoms with van der Waals surface area (Å²) in [5.74, 6) is 1.11. The first-order valence-corrected chi connectivity index (χ1v) is 6.68. The van der Waals surface area contributed by atoms with E-state index >= 15 is 0 Å². The maximum absolute atomic E-state index is 13.1. The predicted octanol–water partition coefficient (Wildman–Crippen LogP) is 3.86. The summed E-state index contributed by atoms with van der Waals surface area (Å²) >= 11 is 3.45. The zero-order valence-corrected chi connectivity index (χ0v) is 12.3. The van der Waals surface area contributed by atoms with Crippen molar-refractivity contribution >= 4 is 33.3 Å². The second-order valence-corrected chi connectivity index (χ2v) is 4.79. The first-order valence-electron chi connectivity index (χ1n) is 5.89. The van der Waals surface area contributed by atoms with Gasteiger partial charge in [-0.15, -0.1) is 0 Å². The highest BCUT2D eigenvalue weighted by Crippen LogP contribution is 2.29. The maximum atomic E-state index is 13.1. The molecule has 0 aliphatic heterocycles. The largest absolute Gasteiger partial charge is 0.369 e. The van der Waals surface area contributed by atoms with Gasteiger partial charge in [-0.05, 0) is 53.5 Å². The molecular formula is C13H14BrFN4. The minimum absolute atomic E-state index is 0.252. The predicted molar refractivity (Wildman–Crippen MR) is 78.3 cm³/mol. The van der Waals surface area contributed by atoms with Crippen LogP contribution >= 0.6 is 15.9 Å². The van der Waals surface area contributed by atoms with Crippen LogP contribution in [-0.2, 0) is 0 Å². The van der Waals surface area contributed by atoms with Crippen LogP contribution in [0.2, 0.25) is 0 Å². The average molecular weight is 325 g/mol. The molecule has 2 N–H and O–H groups in total. The van der Waals surface area contributed by atoms with Crippen LogP contribution in [0.5, 0.6) is 0 Å². The van der Waals surface area contributed by atoms with E-state index in [-0.39, 0.29) is 5.82 Å². The fourth-order valence-electron chi connectivity index (χ4n) is 1.64. The Kier molecular flexibility index (Phi) is 4.31. The zero-order valence-electron chi connectivity index (χ0n) is 10.7. The number of hydrogen-bond donors (Lipinski definition) is 2. The molecular weight excluding hydrogens is 311 g/mol. The van der Waals surface area contributed by atoms with Crippen molar-refractivity contribution in [2.45, 2.75) is 13.8 Å². The first kappa shape index (κ1) is 13.7. The number of halogens is 2. The Morgan fingerprint density at radius 1 is 1.26 bits per heavy atom. The summed E-state index contributed by atoms with van der Waals surface area (Å²) in [5.41, 5.74) is 1.62. The first-order chi connectivity index (χ1) is 9.11. The van der Waals surface area contributed by atoms with E-state index in [9.17, 15) is 4.39 Å². The summed E-state index contributed by atoms with van der Waals surface area (Å²) in [6.45, 7) is 4.60. The summed E-state index contributed by atoms with van der Waals surface area (Å²) < 4.78 is 13.8. The summed E-state index contributed by atoms with van der Waals surface area (Å²) in [4.78, 5) is 8.31. The average Bonchev–Trinajstić information content (AvgIpc) is 2.37. The molecule has 2 rings (SSSR count). The van der Waals surface area contributed by atoms with E-state index in [4.69, 9.17) is 0 Å². The van der Waals surface area contributed by atoms with E-state index in [0.717, 1.165) is 28.1 Å². The lowest BCUT2D eigenvalue weighted by atomic mass is 10.2. The van der Waals surface area contributed by atoms with E-state index in [1.54, 1.807) is 6.07 Å². The standard InChI is InChI=1S/C13H14BrFN4/c1-3-16-12-11(14)13(18-7-17-12)19-10-5-4-9(15)6-8(10)2/h4-7H,3H2,1-2H3,(H2,16,17,18,19). The number of benzene rings is 1. The SMILES string of the molecule is CCNc1ncnc(Nc2ccc(F)cc2C)c1Br. The third kappa shape index (κ3) is 3.20. The van der Waals surface area contributed by atoms with Crippen molar-refractivity contribution in [2.75, 3.05) is 17.2 Å². The third-order valence-corrected chi connectivity index (χ3v) is 3.33. The second-order valence-electron chi connectivity index (χ2n) is 4.00. The van der Waals surface area contributed by atoms with Crippen molar-refractivity contribution in [3.8, 4) is 0 Å². The van der Waals surface area contributed by atoms with Crippen LogP contribution in [0.4, 0.5) is 21.7 Å². The molecule has 0 spiro atoms. The number of anilines is 3. The van der Waals surface area contributed by atoms with Gasteiger partial charge < -0.3 is 10.6 Å². The lowest BCUT2D eigenvalue weighted by molar-refractivity contribution is 0.627. The van der Waals surface area contributed by atoms with Crippen LogP contribution < -0.4 is 10.6 Å². The minimum atomic E-state index is -0.252. The summed E-state index contributed by atoms with van der Waals surface area (Å²) in [6.07, 6.45) is 1.48. The Morgan fingerprint density at radius 3 is 2.68 bits per heavy atom. The van der Waals surface area contributed by atoms with Gasteiger partial charge in [-0.1, -0.05) is 0 Å². The Balaban J connectivity index is 2.30. The Morgan fingerprint density at radius 2 is 2.00 bits per heavy atom. The van der Waals surface area contributed by atoms with Gasteiger partial charge >= 0.3 is 0 Å². The highest BCUT2D eigenvalue weighted by Gasteiger charge is 2.09. The van der Waals surface area contributed by atoms with Gasteiger partial charge in [0.1, 0.15) is 28.3 Å². The minimum Gasteiger partial charge on any atom is -0.369 e. The summed E-state index contributed by atoms with van der Waals surface area (Å²) in [7, 11) is 0. The van der Waals surface area contributed by atoms with Crippen molar-refractivity contribution in [1.82, 2.24) is 9.97 Å². The van der Waals surface area contributed by atoms with E-state index in [0.29, 0.717) is 5.82 Å². The molecule has 1 aromatic heterocycles. The molecule has 1 heterocycles. The molecule has 0 saturated carbocycles. The molecule has 0 bridgehead atoms. The molecule has 100 valence electrons. The van der Waals surface area contributed by atoms with Crippen molar-refractivity contribution in [1.29, 1.82) is 0 Å². The van der Waals surface area contributed by atoms with E-state index in [1.807, 2.05) is 13.8 Å². The van der Waals surface area contributed by atoms with E-state index in [1.165, 1.54) is 18.5 Å². The van der Waals surface area contributed by atoms with Gasteiger partial charge in [0, 0.05) is 12.2 Å². The number of nitrogens with one attached hydrogen (secondary N) is 2. The molecule has 6 heteroatoms. The van der Waals surface area contributed by atoms with E-state index < -0.39 is 0 Å². The monoisotopic (exact) mass is 324 g/mol. The molecule has 0 aliphatic rings. The molecule has 0 saturated heterocycles. The van der Waals surface area contributed by atoms with Crippen molar-refractivity contribution in [3.63, 3.8) is 0 Å². The number of nitrogens with zero attached hydrogens (tertiary/aromatic N) is 2. The molecule has 0 atom stereocenters. The summed E-state index contributed by atoms with van der Waals surface area (Å²) in [5, 5.41) is 6.29. The fourth-order valence-corrected chi connectivity index (χ4v) is 2.09. The molecule has 0 aliphatic carbocycles. The number of rotatable bonds is 4. The van der Waals surface area contributed by atoms with Crippen LogP contribution in [-0.4, -0.2) is 16.5 Å². The molecule has 0 unspecified atom stereocenters. The summed E-state index contributed by atoms with van der Waals surface area (Å²) in [6, 6.07) is 4.57. The van der Waals surface area contributed by atoms with E-state index in [2.05, 4.69) is 36.5 Å². The lowest BCUT2D eigenvalue weighted by Gasteiger charge is -2.12. The lowest BCUT2D eigenvalue weighted by Crippen LogP contribution is -2.04. The number of aryl methyl sites for hydroxylation is 1. The normalized spacial score (nSPS) is 10.3. The Hall–Kier alpha value is -1.69. The van der Waals surface area contributed by atoms with Crippen LogP contribution in [0.25, 0.3) is 0 Å². The maximum Gasteiger partial charge on any atom is 0.150 e. The van der Waals surface area contributed by atoms with Gasteiger partial charge in [-0.25, -0.2) is 14.4 Å². The Bertz CT molecular complexity index is 589. The molecule has 0 radical (unpaired) electrons. The fraction of sp³-hybridized carbons (Fsp3) is 0.231. The van der Waals surface area contributed by atoms with Crippen LogP contribution in [0.3, 0.4) is 0 Å². The Labute approximate surface area is 119 Å². The van der Waals surface area contributed by atoms with Gasteiger partial charge in [-0.3, -0.25) is 0 Å². The molecule has 4 nitrogen and oxygen atoms in total. The van der Waals surface area contributed by atoms with Gasteiger partial charge in [-0.2, -0.15) is 0 Å². The highest BCUT2D eigenvalue weighted by molar-refractivity contribution is 9.10. The third-order valence-electron chi connectivity index (χ3n) is 2.58. The highest BCUT2D eigenvalue weighted by atomic mass is 79.9. The molecule has 1 aromatic carbocycles. The molecule has 0 amide bonds. The molecule has 2 aromatic rings. The van der Waals surface area contributed by atoms with Gasteiger partial charge in [0.15, 0.2) is 0 Å². The van der Waals surface area contributed by atoms with Crippen molar-refractivity contribution in [2.24, 2.45) is 0 Å². The molecule has 0 fully saturated rings. The van der Waals surface area contributed by atoms with Gasteiger partial charge in [0.25, 0.3) is 0 Å². The van der Waals surface area contributed by atoms with Gasteiger partial charge in [0.2, 0.25) is 0 Å². The van der Waals surface area contributed by atoms with Crippen LogP contribution in [0.15, 0.2) is 29.0 Å². The zero-order chi connectivity index (χ0) is 13.8. The van der Waals surface area contributed by atoms with Crippen molar-refractivity contribution < 1.29 is 4.39 Å².